The molecule has 1 amide bonds. The highest BCUT2D eigenvalue weighted by atomic mass is 35.5. The van der Waals surface area contributed by atoms with E-state index in [-0.39, 0.29) is 5.91 Å². The Morgan fingerprint density at radius 1 is 1.40 bits per heavy atom. The summed E-state index contributed by atoms with van der Waals surface area (Å²) in [5, 5.41) is 4.00. The maximum absolute atomic E-state index is 12.5. The number of piperidine rings is 1. The van der Waals surface area contributed by atoms with Gasteiger partial charge in [-0.3, -0.25) is 4.79 Å². The summed E-state index contributed by atoms with van der Waals surface area (Å²) in [6, 6.07) is 5.84. The van der Waals surface area contributed by atoms with Gasteiger partial charge in [-0.15, -0.1) is 0 Å². The molecule has 3 rings (SSSR count). The maximum Gasteiger partial charge on any atom is 0.263 e. The molecule has 1 unspecified atom stereocenters. The molecule has 5 heteroatoms. The van der Waals surface area contributed by atoms with Crippen molar-refractivity contribution in [3.63, 3.8) is 0 Å². The average molecular weight is 295 g/mol. The minimum atomic E-state index is -0.400. The van der Waals surface area contributed by atoms with E-state index in [1.165, 1.54) is 0 Å². The van der Waals surface area contributed by atoms with Gasteiger partial charge >= 0.3 is 0 Å². The molecular formula is C15H19ClN2O2. The SMILES string of the molecule is CN(C(=O)C1Cc2cc(Cl)ccc2O1)C1CCNCC1. The summed E-state index contributed by atoms with van der Waals surface area (Å²) in [7, 11) is 1.89. The van der Waals surface area contributed by atoms with Crippen LogP contribution in [-0.2, 0) is 11.2 Å². The fourth-order valence-corrected chi connectivity index (χ4v) is 3.15. The molecule has 1 aromatic carbocycles. The third-order valence-corrected chi connectivity index (χ3v) is 4.41. The maximum atomic E-state index is 12.5. The molecule has 0 aliphatic carbocycles. The van der Waals surface area contributed by atoms with Crippen LogP contribution in [-0.4, -0.2) is 43.1 Å². The number of fused-ring (bicyclic) bond motifs is 1. The zero-order valence-corrected chi connectivity index (χ0v) is 12.3. The first kappa shape index (κ1) is 13.7. The van der Waals surface area contributed by atoms with Gasteiger partial charge in [-0.2, -0.15) is 0 Å². The Hall–Kier alpha value is -1.26. The van der Waals surface area contributed by atoms with Gasteiger partial charge in [0, 0.05) is 24.5 Å². The summed E-state index contributed by atoms with van der Waals surface area (Å²) in [5.41, 5.74) is 1.02. The number of hydrogen-bond acceptors (Lipinski definition) is 3. The highest BCUT2D eigenvalue weighted by molar-refractivity contribution is 6.30. The molecule has 20 heavy (non-hydrogen) atoms. The molecule has 108 valence electrons. The average Bonchev–Trinajstić information content (AvgIpc) is 2.89. The van der Waals surface area contributed by atoms with Crippen LogP contribution >= 0.6 is 11.6 Å². The van der Waals surface area contributed by atoms with Gasteiger partial charge in [0.15, 0.2) is 6.10 Å². The molecule has 1 aromatic rings. The number of amides is 1. The Balaban J connectivity index is 1.67. The monoisotopic (exact) mass is 294 g/mol. The molecule has 0 radical (unpaired) electrons. The Morgan fingerprint density at radius 2 is 2.15 bits per heavy atom. The molecule has 0 saturated carbocycles. The second kappa shape index (κ2) is 5.62. The Labute approximate surface area is 124 Å². The molecule has 1 fully saturated rings. The van der Waals surface area contributed by atoms with Gasteiger partial charge in [-0.05, 0) is 49.7 Å². The number of rotatable bonds is 2. The van der Waals surface area contributed by atoms with Crippen molar-refractivity contribution in [1.82, 2.24) is 10.2 Å². The lowest BCUT2D eigenvalue weighted by Gasteiger charge is -2.32. The second-order valence-corrected chi connectivity index (χ2v) is 5.93. The molecule has 4 nitrogen and oxygen atoms in total. The molecule has 0 bridgehead atoms. The lowest BCUT2D eigenvalue weighted by molar-refractivity contribution is -0.139. The highest BCUT2D eigenvalue weighted by Crippen LogP contribution is 2.32. The van der Waals surface area contributed by atoms with Crippen molar-refractivity contribution in [1.29, 1.82) is 0 Å². The lowest BCUT2D eigenvalue weighted by Crippen LogP contribution is -2.48. The second-order valence-electron chi connectivity index (χ2n) is 5.49. The van der Waals surface area contributed by atoms with Crippen molar-refractivity contribution in [3.8, 4) is 5.75 Å². The van der Waals surface area contributed by atoms with Gasteiger partial charge in [0.1, 0.15) is 5.75 Å². The van der Waals surface area contributed by atoms with Crippen molar-refractivity contribution >= 4 is 17.5 Å². The van der Waals surface area contributed by atoms with Crippen molar-refractivity contribution in [3.05, 3.63) is 28.8 Å². The summed E-state index contributed by atoms with van der Waals surface area (Å²) < 4.78 is 5.77. The van der Waals surface area contributed by atoms with Crippen LogP contribution < -0.4 is 10.1 Å². The minimum Gasteiger partial charge on any atom is -0.480 e. The predicted octanol–water partition coefficient (Wildman–Crippen LogP) is 1.85. The summed E-state index contributed by atoms with van der Waals surface area (Å²) in [5.74, 6) is 0.857. The van der Waals surface area contributed by atoms with Gasteiger partial charge in [-0.1, -0.05) is 11.6 Å². The minimum absolute atomic E-state index is 0.0734. The zero-order chi connectivity index (χ0) is 14.1. The van der Waals surface area contributed by atoms with E-state index in [9.17, 15) is 4.79 Å². The number of nitrogens with zero attached hydrogens (tertiary/aromatic N) is 1. The van der Waals surface area contributed by atoms with Crippen LogP contribution in [0.3, 0.4) is 0 Å². The lowest BCUT2D eigenvalue weighted by atomic mass is 10.0. The number of carbonyl (C=O) groups excluding carboxylic acids is 1. The molecule has 1 atom stereocenters. The van der Waals surface area contributed by atoms with Gasteiger partial charge in [-0.25, -0.2) is 0 Å². The smallest absolute Gasteiger partial charge is 0.263 e. The Bertz CT molecular complexity index is 515. The van der Waals surface area contributed by atoms with Crippen molar-refractivity contribution < 1.29 is 9.53 Å². The van der Waals surface area contributed by atoms with Crippen LogP contribution in [0, 0.1) is 0 Å². The quantitative estimate of drug-likeness (QED) is 0.905. The van der Waals surface area contributed by atoms with Crippen LogP contribution in [0.5, 0.6) is 5.75 Å². The number of hydrogen-bond donors (Lipinski definition) is 1. The van der Waals surface area contributed by atoms with Crippen molar-refractivity contribution in [2.24, 2.45) is 0 Å². The standard InChI is InChI=1S/C15H19ClN2O2/c1-18(12-4-6-17-7-5-12)15(19)14-9-10-8-11(16)2-3-13(10)20-14/h2-3,8,12,14,17H,4-7,9H2,1H3. The number of carbonyl (C=O) groups is 1. The third-order valence-electron chi connectivity index (χ3n) is 4.18. The molecule has 2 heterocycles. The first-order valence-electron chi connectivity index (χ1n) is 7.07. The van der Waals surface area contributed by atoms with Crippen LogP contribution in [0.2, 0.25) is 5.02 Å². The first-order chi connectivity index (χ1) is 9.65. The Morgan fingerprint density at radius 3 is 2.90 bits per heavy atom. The van der Waals surface area contributed by atoms with E-state index in [0.29, 0.717) is 17.5 Å². The van der Waals surface area contributed by atoms with Gasteiger partial charge in [0.2, 0.25) is 0 Å². The van der Waals surface area contributed by atoms with E-state index in [1.54, 1.807) is 6.07 Å². The van der Waals surface area contributed by atoms with Crippen LogP contribution in [0.4, 0.5) is 0 Å². The topological polar surface area (TPSA) is 41.6 Å². The Kier molecular flexibility index (Phi) is 3.85. The molecule has 1 N–H and O–H groups in total. The van der Waals surface area contributed by atoms with E-state index in [4.69, 9.17) is 16.3 Å². The highest BCUT2D eigenvalue weighted by Gasteiger charge is 2.33. The molecule has 0 aromatic heterocycles. The molecule has 2 aliphatic heterocycles. The fraction of sp³-hybridized carbons (Fsp3) is 0.533. The third kappa shape index (κ3) is 2.63. The fourth-order valence-electron chi connectivity index (χ4n) is 2.96. The van der Waals surface area contributed by atoms with E-state index in [0.717, 1.165) is 37.2 Å². The molecule has 0 spiro atoms. The van der Waals surface area contributed by atoms with Crippen LogP contribution in [0.25, 0.3) is 0 Å². The summed E-state index contributed by atoms with van der Waals surface area (Å²) in [6.07, 6.45) is 2.23. The normalized spacial score (nSPS) is 22.2. The van der Waals surface area contributed by atoms with E-state index < -0.39 is 6.10 Å². The summed E-state index contributed by atoms with van der Waals surface area (Å²) in [4.78, 5) is 14.4. The molecule has 2 aliphatic rings. The van der Waals surface area contributed by atoms with Crippen molar-refractivity contribution in [2.75, 3.05) is 20.1 Å². The number of nitrogens with one attached hydrogen (secondary N) is 1. The predicted molar refractivity (Wildman–Crippen MR) is 78.2 cm³/mol. The first-order valence-corrected chi connectivity index (χ1v) is 7.45. The van der Waals surface area contributed by atoms with Gasteiger partial charge in [0.25, 0.3) is 5.91 Å². The zero-order valence-electron chi connectivity index (χ0n) is 11.6. The number of ether oxygens (including phenoxy) is 1. The summed E-state index contributed by atoms with van der Waals surface area (Å²) in [6.45, 7) is 1.95. The van der Waals surface area contributed by atoms with Crippen LogP contribution in [0.1, 0.15) is 18.4 Å². The summed E-state index contributed by atoms with van der Waals surface area (Å²) >= 11 is 5.98. The van der Waals surface area contributed by atoms with Gasteiger partial charge < -0.3 is 15.0 Å². The number of likely N-dealkylation sites (N-methyl/N-ethyl adjacent to an activating group) is 1. The van der Waals surface area contributed by atoms with Crippen LogP contribution in [0.15, 0.2) is 18.2 Å². The number of benzene rings is 1. The van der Waals surface area contributed by atoms with E-state index >= 15 is 0 Å². The van der Waals surface area contributed by atoms with E-state index in [1.807, 2.05) is 24.1 Å². The molecule has 1 saturated heterocycles. The number of halogens is 1. The largest absolute Gasteiger partial charge is 0.480 e. The molecular weight excluding hydrogens is 276 g/mol. The van der Waals surface area contributed by atoms with E-state index in [2.05, 4.69) is 5.32 Å². The van der Waals surface area contributed by atoms with Gasteiger partial charge in [0.05, 0.1) is 0 Å². The van der Waals surface area contributed by atoms with Crippen molar-refractivity contribution in [2.45, 2.75) is 31.4 Å².